The molecular weight excluding hydrogens is 114 g/mol. The standard InChI is InChI=1S/C7H9NO/c1-6-3-4-7(5-9)8(6)2/h3-5H,1-2H3. The second-order valence-electron chi connectivity index (χ2n) is 2.08. The van der Waals surface area contributed by atoms with Gasteiger partial charge in [0.05, 0.1) is 5.69 Å². The summed E-state index contributed by atoms with van der Waals surface area (Å²) in [6.07, 6.45) is 0.854. The molecule has 1 aromatic heterocycles. The van der Waals surface area contributed by atoms with Crippen molar-refractivity contribution in [3.8, 4) is 0 Å². The van der Waals surface area contributed by atoms with Crippen molar-refractivity contribution in [2.45, 2.75) is 6.92 Å². The smallest absolute Gasteiger partial charge is 0.166 e. The molecule has 0 spiro atoms. The molecular formula is C7H9NO. The molecule has 0 fully saturated rings. The highest BCUT2D eigenvalue weighted by molar-refractivity contribution is 5.72. The van der Waals surface area contributed by atoms with Gasteiger partial charge >= 0.3 is 0 Å². The Kier molecular flexibility index (Phi) is 1.39. The van der Waals surface area contributed by atoms with Gasteiger partial charge in [-0.2, -0.15) is 0 Å². The van der Waals surface area contributed by atoms with Gasteiger partial charge < -0.3 is 4.57 Å². The van der Waals surface area contributed by atoms with Gasteiger partial charge in [0.25, 0.3) is 0 Å². The van der Waals surface area contributed by atoms with E-state index in [1.165, 1.54) is 0 Å². The van der Waals surface area contributed by atoms with Crippen LogP contribution in [0.2, 0.25) is 0 Å². The molecule has 48 valence electrons. The van der Waals surface area contributed by atoms with Crippen LogP contribution < -0.4 is 0 Å². The maximum absolute atomic E-state index is 10.2. The van der Waals surface area contributed by atoms with Gasteiger partial charge in [-0.25, -0.2) is 0 Å². The molecule has 0 aliphatic heterocycles. The molecule has 1 aromatic rings. The Balaban J connectivity index is 3.18. The molecule has 1 heterocycles. The van der Waals surface area contributed by atoms with Crippen LogP contribution in [0.3, 0.4) is 0 Å². The topological polar surface area (TPSA) is 22.0 Å². The van der Waals surface area contributed by atoms with Crippen molar-refractivity contribution in [1.29, 1.82) is 0 Å². The van der Waals surface area contributed by atoms with E-state index in [1.807, 2.05) is 30.7 Å². The predicted molar refractivity (Wildman–Crippen MR) is 35.5 cm³/mol. The number of rotatable bonds is 1. The molecule has 0 aromatic carbocycles. The van der Waals surface area contributed by atoms with Gasteiger partial charge in [0.15, 0.2) is 6.29 Å². The number of aryl methyl sites for hydroxylation is 1. The zero-order valence-electron chi connectivity index (χ0n) is 5.59. The number of hydrogen-bond donors (Lipinski definition) is 0. The van der Waals surface area contributed by atoms with E-state index in [1.54, 1.807) is 0 Å². The van der Waals surface area contributed by atoms with Crippen molar-refractivity contribution in [2.75, 3.05) is 0 Å². The zero-order valence-corrected chi connectivity index (χ0v) is 5.59. The molecule has 9 heavy (non-hydrogen) atoms. The highest BCUT2D eigenvalue weighted by Crippen LogP contribution is 2.01. The minimum atomic E-state index is 0.729. The summed E-state index contributed by atoms with van der Waals surface area (Å²) in [5.74, 6) is 0. The van der Waals surface area contributed by atoms with Crippen molar-refractivity contribution < 1.29 is 4.79 Å². The van der Waals surface area contributed by atoms with Gasteiger partial charge in [0.1, 0.15) is 0 Å². The lowest BCUT2D eigenvalue weighted by atomic mass is 10.5. The fourth-order valence-electron chi connectivity index (χ4n) is 0.752. The van der Waals surface area contributed by atoms with E-state index in [4.69, 9.17) is 0 Å². The van der Waals surface area contributed by atoms with Crippen LogP contribution in [0.1, 0.15) is 16.2 Å². The number of carbonyl (C=O) groups excluding carboxylic acids is 1. The van der Waals surface area contributed by atoms with Gasteiger partial charge in [0, 0.05) is 12.7 Å². The van der Waals surface area contributed by atoms with Crippen molar-refractivity contribution in [2.24, 2.45) is 7.05 Å². The summed E-state index contributed by atoms with van der Waals surface area (Å²) in [7, 11) is 1.87. The van der Waals surface area contributed by atoms with E-state index in [-0.39, 0.29) is 0 Å². The number of carbonyl (C=O) groups is 1. The van der Waals surface area contributed by atoms with Crippen molar-refractivity contribution in [3.05, 3.63) is 23.5 Å². The molecule has 0 aliphatic carbocycles. The maximum Gasteiger partial charge on any atom is 0.166 e. The first-order chi connectivity index (χ1) is 4.25. The highest BCUT2D eigenvalue weighted by Gasteiger charge is 1.95. The third-order valence-electron chi connectivity index (χ3n) is 1.53. The van der Waals surface area contributed by atoms with Crippen molar-refractivity contribution in [1.82, 2.24) is 4.57 Å². The fourth-order valence-corrected chi connectivity index (χ4v) is 0.752. The van der Waals surface area contributed by atoms with E-state index in [9.17, 15) is 4.79 Å². The number of nitrogens with zero attached hydrogens (tertiary/aromatic N) is 1. The molecule has 0 N–H and O–H groups in total. The summed E-state index contributed by atoms with van der Waals surface area (Å²) in [4.78, 5) is 10.2. The zero-order chi connectivity index (χ0) is 6.85. The quantitative estimate of drug-likeness (QED) is 0.513. The Morgan fingerprint density at radius 3 is 2.44 bits per heavy atom. The molecule has 0 amide bonds. The van der Waals surface area contributed by atoms with Crippen LogP contribution in [0.25, 0.3) is 0 Å². The van der Waals surface area contributed by atoms with Crippen molar-refractivity contribution in [3.63, 3.8) is 0 Å². The van der Waals surface area contributed by atoms with E-state index in [2.05, 4.69) is 0 Å². The number of hydrogen-bond acceptors (Lipinski definition) is 1. The number of aromatic nitrogens is 1. The fraction of sp³-hybridized carbons (Fsp3) is 0.286. The van der Waals surface area contributed by atoms with Gasteiger partial charge in [-0.1, -0.05) is 0 Å². The van der Waals surface area contributed by atoms with E-state index in [0.29, 0.717) is 0 Å². The average Bonchev–Trinajstić information content (AvgIpc) is 2.15. The minimum absolute atomic E-state index is 0.729. The summed E-state index contributed by atoms with van der Waals surface area (Å²) in [5, 5.41) is 0. The molecule has 0 unspecified atom stereocenters. The Bertz CT molecular complexity index is 225. The maximum atomic E-state index is 10.2. The summed E-state index contributed by atoms with van der Waals surface area (Å²) in [5.41, 5.74) is 1.84. The first-order valence-corrected chi connectivity index (χ1v) is 2.83. The molecule has 2 heteroatoms. The molecule has 2 nitrogen and oxygen atoms in total. The van der Waals surface area contributed by atoms with Crippen molar-refractivity contribution >= 4 is 6.29 Å². The first kappa shape index (κ1) is 6.08. The van der Waals surface area contributed by atoms with Crippen LogP contribution in [0, 0.1) is 6.92 Å². The lowest BCUT2D eigenvalue weighted by Crippen LogP contribution is -1.95. The minimum Gasteiger partial charge on any atom is -0.346 e. The van der Waals surface area contributed by atoms with Crippen LogP contribution in [-0.4, -0.2) is 10.9 Å². The van der Waals surface area contributed by atoms with Gasteiger partial charge in [0.2, 0.25) is 0 Å². The SMILES string of the molecule is Cc1ccc(C=O)n1C. The summed E-state index contributed by atoms with van der Waals surface area (Å²) >= 11 is 0. The van der Waals surface area contributed by atoms with Crippen LogP contribution in [-0.2, 0) is 7.05 Å². The lowest BCUT2D eigenvalue weighted by molar-refractivity contribution is 0.111. The molecule has 0 atom stereocenters. The van der Waals surface area contributed by atoms with Gasteiger partial charge in [-0.15, -0.1) is 0 Å². The Labute approximate surface area is 54.1 Å². The average molecular weight is 123 g/mol. The molecule has 0 aliphatic rings. The summed E-state index contributed by atoms with van der Waals surface area (Å²) in [6.45, 7) is 1.97. The first-order valence-electron chi connectivity index (χ1n) is 2.83. The normalized spacial score (nSPS) is 9.56. The van der Waals surface area contributed by atoms with E-state index in [0.717, 1.165) is 17.7 Å². The summed E-state index contributed by atoms with van der Waals surface area (Å²) in [6, 6.07) is 3.73. The predicted octanol–water partition coefficient (Wildman–Crippen LogP) is 1.15. The molecule has 0 radical (unpaired) electrons. The third kappa shape index (κ3) is 0.875. The molecule has 0 saturated carbocycles. The van der Waals surface area contributed by atoms with Crippen LogP contribution >= 0.6 is 0 Å². The molecule has 0 saturated heterocycles. The number of aldehydes is 1. The Morgan fingerprint density at radius 2 is 2.22 bits per heavy atom. The van der Waals surface area contributed by atoms with Crippen LogP contribution in [0.15, 0.2) is 12.1 Å². The monoisotopic (exact) mass is 123 g/mol. The highest BCUT2D eigenvalue weighted by atomic mass is 16.1. The Morgan fingerprint density at radius 1 is 1.56 bits per heavy atom. The second-order valence-corrected chi connectivity index (χ2v) is 2.08. The summed E-state index contributed by atoms with van der Waals surface area (Å²) < 4.78 is 1.85. The Hall–Kier alpha value is -1.05. The molecule has 0 bridgehead atoms. The van der Waals surface area contributed by atoms with E-state index >= 15 is 0 Å². The molecule has 1 rings (SSSR count). The lowest BCUT2D eigenvalue weighted by Gasteiger charge is -1.95. The third-order valence-corrected chi connectivity index (χ3v) is 1.53. The van der Waals surface area contributed by atoms with E-state index < -0.39 is 0 Å². The van der Waals surface area contributed by atoms with Gasteiger partial charge in [-0.05, 0) is 19.1 Å². The van der Waals surface area contributed by atoms with Crippen LogP contribution in [0.4, 0.5) is 0 Å². The second kappa shape index (κ2) is 2.05. The largest absolute Gasteiger partial charge is 0.346 e. The van der Waals surface area contributed by atoms with Gasteiger partial charge in [-0.3, -0.25) is 4.79 Å². The van der Waals surface area contributed by atoms with Crippen LogP contribution in [0.5, 0.6) is 0 Å².